The molecule has 1 aromatic carbocycles. The normalized spacial score (nSPS) is 18.3. The molecule has 6 heteroatoms. The molecule has 0 unspecified atom stereocenters. The van der Waals surface area contributed by atoms with Crippen molar-refractivity contribution in [1.29, 1.82) is 0 Å². The van der Waals surface area contributed by atoms with Crippen LogP contribution < -0.4 is 15.0 Å². The minimum Gasteiger partial charge on any atom is -0.482 e. The number of piperidine rings is 1. The molecule has 0 saturated carbocycles. The van der Waals surface area contributed by atoms with Crippen molar-refractivity contribution in [2.45, 2.75) is 19.3 Å². The molecule has 0 aromatic heterocycles. The molecule has 1 aromatic rings. The van der Waals surface area contributed by atoms with E-state index in [1.807, 2.05) is 18.2 Å². The van der Waals surface area contributed by atoms with Crippen LogP contribution in [-0.4, -0.2) is 56.0 Å². The highest BCUT2D eigenvalue weighted by Gasteiger charge is 2.26. The van der Waals surface area contributed by atoms with E-state index in [0.29, 0.717) is 18.0 Å². The molecular formula is C17H23N3O3. The Bertz CT molecular complexity index is 570. The monoisotopic (exact) mass is 317 g/mol. The molecule has 1 fully saturated rings. The van der Waals surface area contributed by atoms with Gasteiger partial charge in [0.2, 0.25) is 5.91 Å². The molecule has 3 rings (SSSR count). The van der Waals surface area contributed by atoms with Crippen LogP contribution in [0.5, 0.6) is 5.75 Å². The molecule has 124 valence electrons. The molecule has 2 aliphatic rings. The van der Waals surface area contributed by atoms with Gasteiger partial charge < -0.3 is 15.0 Å². The Morgan fingerprint density at radius 2 is 1.96 bits per heavy atom. The molecule has 0 bridgehead atoms. The summed E-state index contributed by atoms with van der Waals surface area (Å²) in [4.78, 5) is 28.0. The van der Waals surface area contributed by atoms with Gasteiger partial charge in [-0.2, -0.15) is 0 Å². The Hall–Kier alpha value is -2.08. The maximum absolute atomic E-state index is 12.1. The second-order valence-corrected chi connectivity index (χ2v) is 5.99. The van der Waals surface area contributed by atoms with Gasteiger partial charge in [-0.3, -0.25) is 14.5 Å². The zero-order valence-corrected chi connectivity index (χ0v) is 13.3. The van der Waals surface area contributed by atoms with Crippen LogP contribution in [0.15, 0.2) is 24.3 Å². The van der Waals surface area contributed by atoms with Gasteiger partial charge in [-0.05, 0) is 38.1 Å². The number of anilines is 1. The number of hydrogen-bond donors (Lipinski definition) is 1. The molecule has 23 heavy (non-hydrogen) atoms. The third kappa shape index (κ3) is 4.01. The summed E-state index contributed by atoms with van der Waals surface area (Å²) >= 11 is 0. The van der Waals surface area contributed by atoms with Crippen molar-refractivity contribution in [2.75, 3.05) is 44.2 Å². The van der Waals surface area contributed by atoms with Crippen molar-refractivity contribution in [3.05, 3.63) is 24.3 Å². The van der Waals surface area contributed by atoms with Crippen LogP contribution in [0.2, 0.25) is 0 Å². The highest BCUT2D eigenvalue weighted by atomic mass is 16.5. The number of benzene rings is 1. The molecule has 6 nitrogen and oxygen atoms in total. The number of ether oxygens (including phenoxy) is 1. The summed E-state index contributed by atoms with van der Waals surface area (Å²) in [6.07, 6.45) is 3.79. The first-order valence-corrected chi connectivity index (χ1v) is 8.25. The zero-order valence-electron chi connectivity index (χ0n) is 13.3. The van der Waals surface area contributed by atoms with E-state index in [1.54, 1.807) is 6.07 Å². The van der Waals surface area contributed by atoms with Crippen molar-refractivity contribution >= 4 is 17.5 Å². The summed E-state index contributed by atoms with van der Waals surface area (Å²) in [5.41, 5.74) is 0.662. The fourth-order valence-corrected chi connectivity index (χ4v) is 3.06. The largest absolute Gasteiger partial charge is 0.482 e. The SMILES string of the molecule is O=C(CN1C(=O)COc2ccccc21)NCCN1CCCCC1. The van der Waals surface area contributed by atoms with E-state index in [2.05, 4.69) is 10.2 Å². The maximum atomic E-state index is 12.1. The molecule has 0 spiro atoms. The van der Waals surface area contributed by atoms with E-state index in [-0.39, 0.29) is 25.0 Å². The van der Waals surface area contributed by atoms with E-state index in [9.17, 15) is 9.59 Å². The number of para-hydroxylation sites is 2. The average Bonchev–Trinajstić information content (AvgIpc) is 2.58. The fraction of sp³-hybridized carbons (Fsp3) is 0.529. The predicted molar refractivity (Wildman–Crippen MR) is 87.6 cm³/mol. The van der Waals surface area contributed by atoms with Gasteiger partial charge in [0.15, 0.2) is 6.61 Å². The first-order valence-electron chi connectivity index (χ1n) is 8.25. The number of amides is 2. The standard InChI is InChI=1S/C17H23N3O3/c21-16(18-8-11-19-9-4-1-5-10-19)12-20-14-6-2-3-7-15(14)23-13-17(20)22/h2-3,6-7H,1,4-5,8-13H2,(H,18,21). The minimum absolute atomic E-state index is 0.0158. The van der Waals surface area contributed by atoms with E-state index < -0.39 is 0 Å². The number of fused-ring (bicyclic) bond motifs is 1. The zero-order chi connectivity index (χ0) is 16.1. The predicted octanol–water partition coefficient (Wildman–Crippen LogP) is 1.01. The van der Waals surface area contributed by atoms with Crippen LogP contribution in [0.4, 0.5) is 5.69 Å². The van der Waals surface area contributed by atoms with E-state index >= 15 is 0 Å². The Morgan fingerprint density at radius 1 is 1.17 bits per heavy atom. The summed E-state index contributed by atoms with van der Waals surface area (Å²) in [6.45, 7) is 3.76. The fourth-order valence-electron chi connectivity index (χ4n) is 3.06. The van der Waals surface area contributed by atoms with Crippen molar-refractivity contribution < 1.29 is 14.3 Å². The Labute approximate surface area is 136 Å². The molecule has 0 aliphatic carbocycles. The van der Waals surface area contributed by atoms with Crippen LogP contribution in [0.3, 0.4) is 0 Å². The van der Waals surface area contributed by atoms with Gasteiger partial charge in [0.05, 0.1) is 5.69 Å². The van der Waals surface area contributed by atoms with Crippen LogP contribution in [0.25, 0.3) is 0 Å². The summed E-state index contributed by atoms with van der Waals surface area (Å²) in [7, 11) is 0. The second-order valence-electron chi connectivity index (χ2n) is 5.99. The average molecular weight is 317 g/mol. The highest BCUT2D eigenvalue weighted by Crippen LogP contribution is 2.31. The number of nitrogens with one attached hydrogen (secondary N) is 1. The molecule has 1 N–H and O–H groups in total. The number of likely N-dealkylation sites (tertiary alicyclic amines) is 1. The molecule has 2 amide bonds. The van der Waals surface area contributed by atoms with Crippen molar-refractivity contribution in [2.24, 2.45) is 0 Å². The lowest BCUT2D eigenvalue weighted by Crippen LogP contribution is -2.46. The molecule has 2 heterocycles. The number of rotatable bonds is 5. The van der Waals surface area contributed by atoms with Crippen LogP contribution >= 0.6 is 0 Å². The molecule has 0 radical (unpaired) electrons. The smallest absolute Gasteiger partial charge is 0.265 e. The van der Waals surface area contributed by atoms with Gasteiger partial charge in [0.1, 0.15) is 12.3 Å². The topological polar surface area (TPSA) is 61.9 Å². The second kappa shape index (κ2) is 7.46. The first-order chi connectivity index (χ1) is 11.2. The van der Waals surface area contributed by atoms with E-state index in [1.165, 1.54) is 24.2 Å². The molecular weight excluding hydrogens is 294 g/mol. The van der Waals surface area contributed by atoms with Crippen molar-refractivity contribution in [1.82, 2.24) is 10.2 Å². The summed E-state index contributed by atoms with van der Waals surface area (Å²) in [6, 6.07) is 7.30. The third-order valence-electron chi connectivity index (χ3n) is 4.31. The molecule has 1 saturated heterocycles. The van der Waals surface area contributed by atoms with Gasteiger partial charge in [-0.15, -0.1) is 0 Å². The lowest BCUT2D eigenvalue weighted by molar-refractivity contribution is -0.125. The lowest BCUT2D eigenvalue weighted by atomic mass is 10.1. The summed E-state index contributed by atoms with van der Waals surface area (Å²) in [5, 5.41) is 2.91. The number of hydrogen-bond acceptors (Lipinski definition) is 4. The van der Waals surface area contributed by atoms with Gasteiger partial charge in [0.25, 0.3) is 5.91 Å². The van der Waals surface area contributed by atoms with Crippen molar-refractivity contribution in [3.8, 4) is 5.75 Å². The minimum atomic E-state index is -0.185. The van der Waals surface area contributed by atoms with Crippen LogP contribution in [0, 0.1) is 0 Å². The molecule has 2 aliphatic heterocycles. The van der Waals surface area contributed by atoms with Gasteiger partial charge >= 0.3 is 0 Å². The number of nitrogens with zero attached hydrogens (tertiary/aromatic N) is 2. The quantitative estimate of drug-likeness (QED) is 0.880. The van der Waals surface area contributed by atoms with Gasteiger partial charge in [0, 0.05) is 13.1 Å². The van der Waals surface area contributed by atoms with Gasteiger partial charge in [-0.25, -0.2) is 0 Å². The first kappa shape index (κ1) is 15.8. The van der Waals surface area contributed by atoms with Gasteiger partial charge in [-0.1, -0.05) is 18.6 Å². The highest BCUT2D eigenvalue weighted by molar-refractivity contribution is 6.02. The maximum Gasteiger partial charge on any atom is 0.265 e. The van der Waals surface area contributed by atoms with E-state index in [4.69, 9.17) is 4.74 Å². The lowest BCUT2D eigenvalue weighted by Gasteiger charge is -2.29. The number of carbonyl (C=O) groups is 2. The number of carbonyl (C=O) groups excluding carboxylic acids is 2. The van der Waals surface area contributed by atoms with Crippen molar-refractivity contribution in [3.63, 3.8) is 0 Å². The third-order valence-corrected chi connectivity index (χ3v) is 4.31. The summed E-state index contributed by atoms with van der Waals surface area (Å²) < 4.78 is 5.38. The molecule has 0 atom stereocenters. The summed E-state index contributed by atoms with van der Waals surface area (Å²) in [5.74, 6) is 0.329. The van der Waals surface area contributed by atoms with Crippen LogP contribution in [0.1, 0.15) is 19.3 Å². The Morgan fingerprint density at radius 3 is 2.78 bits per heavy atom. The van der Waals surface area contributed by atoms with Crippen LogP contribution in [-0.2, 0) is 9.59 Å². The Balaban J connectivity index is 1.50. The van der Waals surface area contributed by atoms with E-state index in [0.717, 1.165) is 19.6 Å². The Kier molecular flexibility index (Phi) is 5.12.